The molecule has 1 amide bonds. The van der Waals surface area contributed by atoms with Crippen LogP contribution in [-0.4, -0.2) is 31.7 Å². The zero-order valence-electron chi connectivity index (χ0n) is 9.91. The molecule has 0 radical (unpaired) electrons. The van der Waals surface area contributed by atoms with Crippen LogP contribution in [0.3, 0.4) is 0 Å². The van der Waals surface area contributed by atoms with E-state index in [-0.39, 0.29) is 31.0 Å². The van der Waals surface area contributed by atoms with Gasteiger partial charge in [0.1, 0.15) is 6.61 Å². The van der Waals surface area contributed by atoms with Gasteiger partial charge < -0.3 is 15.8 Å². The van der Waals surface area contributed by atoms with Crippen molar-refractivity contribution in [2.24, 2.45) is 11.7 Å². The van der Waals surface area contributed by atoms with E-state index >= 15 is 0 Å². The van der Waals surface area contributed by atoms with Crippen molar-refractivity contribution in [3.63, 3.8) is 0 Å². The number of hydrogen-bond acceptors (Lipinski definition) is 3. The average molecular weight is 251 g/mol. The first-order valence-corrected chi connectivity index (χ1v) is 5.85. The Labute approximate surface area is 104 Å². The Balaban J connectivity index is 0.00000225. The normalized spacial score (nSPS) is 23.9. The fourth-order valence-electron chi connectivity index (χ4n) is 2.07. The minimum absolute atomic E-state index is 0. The highest BCUT2D eigenvalue weighted by Gasteiger charge is 2.26. The van der Waals surface area contributed by atoms with Crippen LogP contribution in [0, 0.1) is 5.92 Å². The first-order valence-electron chi connectivity index (χ1n) is 5.85. The Morgan fingerprint density at radius 2 is 2.25 bits per heavy atom. The van der Waals surface area contributed by atoms with Crippen LogP contribution in [0.4, 0.5) is 0 Å². The summed E-state index contributed by atoms with van der Waals surface area (Å²) >= 11 is 0. The molecule has 1 aliphatic carbocycles. The Morgan fingerprint density at radius 3 is 2.88 bits per heavy atom. The molecule has 96 valence electrons. The largest absolute Gasteiger partial charge is 0.372 e. The van der Waals surface area contributed by atoms with Crippen molar-refractivity contribution in [2.45, 2.75) is 38.6 Å². The molecule has 1 rings (SSSR count). The standard InChI is InChI=1S/C11H22N2O2.ClH/c1-2-6-15-8-11(14)13-10-5-3-4-9(10)7-12;/h9-10H,2-8,12H2,1H3,(H,13,14);1H. The van der Waals surface area contributed by atoms with Gasteiger partial charge in [0.2, 0.25) is 5.91 Å². The molecule has 4 nitrogen and oxygen atoms in total. The van der Waals surface area contributed by atoms with Gasteiger partial charge >= 0.3 is 0 Å². The molecule has 0 heterocycles. The highest BCUT2D eigenvalue weighted by atomic mass is 35.5. The van der Waals surface area contributed by atoms with E-state index in [1.165, 1.54) is 6.42 Å². The molecule has 5 heteroatoms. The van der Waals surface area contributed by atoms with Crippen molar-refractivity contribution in [2.75, 3.05) is 19.8 Å². The second kappa shape index (κ2) is 8.79. The van der Waals surface area contributed by atoms with E-state index < -0.39 is 0 Å². The smallest absolute Gasteiger partial charge is 0.246 e. The van der Waals surface area contributed by atoms with E-state index in [0.717, 1.165) is 19.3 Å². The minimum Gasteiger partial charge on any atom is -0.372 e. The Kier molecular flexibility index (Phi) is 8.61. The minimum atomic E-state index is -0.00574. The monoisotopic (exact) mass is 250 g/mol. The number of nitrogens with one attached hydrogen (secondary N) is 1. The molecule has 1 saturated carbocycles. The maximum Gasteiger partial charge on any atom is 0.246 e. The molecule has 16 heavy (non-hydrogen) atoms. The fraction of sp³-hybridized carbons (Fsp3) is 0.909. The average Bonchev–Trinajstić information content (AvgIpc) is 2.65. The van der Waals surface area contributed by atoms with Crippen molar-refractivity contribution in [3.8, 4) is 0 Å². The summed E-state index contributed by atoms with van der Waals surface area (Å²) in [6.45, 7) is 3.53. The number of nitrogens with two attached hydrogens (primary N) is 1. The van der Waals surface area contributed by atoms with Gasteiger partial charge in [0, 0.05) is 12.6 Å². The van der Waals surface area contributed by atoms with Crippen LogP contribution < -0.4 is 11.1 Å². The lowest BCUT2D eigenvalue weighted by Gasteiger charge is -2.19. The number of carbonyl (C=O) groups excluding carboxylic acids is 1. The molecule has 2 atom stereocenters. The summed E-state index contributed by atoms with van der Waals surface area (Å²) in [5, 5.41) is 2.99. The van der Waals surface area contributed by atoms with Crippen LogP contribution in [0.5, 0.6) is 0 Å². The number of hydrogen-bond donors (Lipinski definition) is 2. The van der Waals surface area contributed by atoms with Gasteiger partial charge in [-0.3, -0.25) is 4.79 Å². The highest BCUT2D eigenvalue weighted by Crippen LogP contribution is 2.24. The summed E-state index contributed by atoms with van der Waals surface area (Å²) in [6.07, 6.45) is 4.31. The lowest BCUT2D eigenvalue weighted by Crippen LogP contribution is -2.41. The summed E-state index contributed by atoms with van der Waals surface area (Å²) in [5.74, 6) is 0.453. The van der Waals surface area contributed by atoms with Crippen LogP contribution >= 0.6 is 12.4 Å². The fourth-order valence-corrected chi connectivity index (χ4v) is 2.07. The number of rotatable bonds is 6. The molecule has 0 bridgehead atoms. The molecular weight excluding hydrogens is 228 g/mol. The molecule has 0 spiro atoms. The maximum atomic E-state index is 11.5. The molecule has 1 aliphatic rings. The summed E-state index contributed by atoms with van der Waals surface area (Å²) in [5.41, 5.74) is 5.64. The van der Waals surface area contributed by atoms with Crippen LogP contribution in [0.2, 0.25) is 0 Å². The van der Waals surface area contributed by atoms with Gasteiger partial charge in [0.05, 0.1) is 0 Å². The number of halogens is 1. The van der Waals surface area contributed by atoms with Gasteiger partial charge in [-0.25, -0.2) is 0 Å². The first-order chi connectivity index (χ1) is 7.27. The molecule has 0 saturated heterocycles. The van der Waals surface area contributed by atoms with Crippen molar-refractivity contribution in [3.05, 3.63) is 0 Å². The van der Waals surface area contributed by atoms with Gasteiger partial charge in [0.25, 0.3) is 0 Å². The third-order valence-electron chi connectivity index (χ3n) is 2.89. The molecule has 2 unspecified atom stereocenters. The van der Waals surface area contributed by atoms with E-state index in [2.05, 4.69) is 5.32 Å². The second-order valence-electron chi connectivity index (χ2n) is 4.15. The van der Waals surface area contributed by atoms with E-state index in [0.29, 0.717) is 19.1 Å². The number of carbonyl (C=O) groups is 1. The molecule has 0 aliphatic heterocycles. The Hall–Kier alpha value is -0.320. The lowest BCUT2D eigenvalue weighted by atomic mass is 10.0. The van der Waals surface area contributed by atoms with Crippen LogP contribution in [0.15, 0.2) is 0 Å². The van der Waals surface area contributed by atoms with Crippen LogP contribution in [0.25, 0.3) is 0 Å². The molecule has 0 aromatic carbocycles. The van der Waals surface area contributed by atoms with Gasteiger partial charge in [-0.1, -0.05) is 13.3 Å². The van der Waals surface area contributed by atoms with Crippen LogP contribution in [0.1, 0.15) is 32.6 Å². The van der Waals surface area contributed by atoms with Gasteiger partial charge in [-0.05, 0) is 31.7 Å². The predicted molar refractivity (Wildman–Crippen MR) is 66.7 cm³/mol. The van der Waals surface area contributed by atoms with E-state index in [1.54, 1.807) is 0 Å². The Morgan fingerprint density at radius 1 is 1.50 bits per heavy atom. The van der Waals surface area contributed by atoms with Crippen molar-refractivity contribution in [1.29, 1.82) is 0 Å². The maximum absolute atomic E-state index is 11.5. The van der Waals surface area contributed by atoms with Crippen LogP contribution in [-0.2, 0) is 9.53 Å². The van der Waals surface area contributed by atoms with Gasteiger partial charge in [0.15, 0.2) is 0 Å². The second-order valence-corrected chi connectivity index (χ2v) is 4.15. The van der Waals surface area contributed by atoms with E-state index in [1.807, 2.05) is 6.92 Å². The molecule has 0 aromatic rings. The lowest BCUT2D eigenvalue weighted by molar-refractivity contribution is -0.126. The van der Waals surface area contributed by atoms with Crippen molar-refractivity contribution in [1.82, 2.24) is 5.32 Å². The first kappa shape index (κ1) is 15.7. The third kappa shape index (κ3) is 5.14. The van der Waals surface area contributed by atoms with Crippen molar-refractivity contribution >= 4 is 18.3 Å². The zero-order chi connectivity index (χ0) is 11.1. The van der Waals surface area contributed by atoms with E-state index in [4.69, 9.17) is 10.5 Å². The summed E-state index contributed by atoms with van der Waals surface area (Å²) in [7, 11) is 0. The predicted octanol–water partition coefficient (Wildman–Crippen LogP) is 1.08. The zero-order valence-corrected chi connectivity index (χ0v) is 10.7. The molecule has 3 N–H and O–H groups in total. The highest BCUT2D eigenvalue weighted by molar-refractivity contribution is 5.85. The molecular formula is C11H23ClN2O2. The SMILES string of the molecule is CCCOCC(=O)NC1CCCC1CN.Cl. The molecule has 0 aromatic heterocycles. The number of amides is 1. The third-order valence-corrected chi connectivity index (χ3v) is 2.89. The topological polar surface area (TPSA) is 64.3 Å². The quantitative estimate of drug-likeness (QED) is 0.694. The Bertz CT molecular complexity index is 202. The van der Waals surface area contributed by atoms with Gasteiger partial charge in [-0.2, -0.15) is 0 Å². The summed E-state index contributed by atoms with van der Waals surface area (Å²) in [6, 6.07) is 0.271. The van der Waals surface area contributed by atoms with E-state index in [9.17, 15) is 4.79 Å². The summed E-state index contributed by atoms with van der Waals surface area (Å²) < 4.78 is 5.18. The number of ether oxygens (including phenoxy) is 1. The molecule has 1 fully saturated rings. The van der Waals surface area contributed by atoms with Crippen molar-refractivity contribution < 1.29 is 9.53 Å². The van der Waals surface area contributed by atoms with Gasteiger partial charge in [-0.15, -0.1) is 12.4 Å². The summed E-state index contributed by atoms with van der Waals surface area (Å²) in [4.78, 5) is 11.5.